The number of benzene rings is 2. The van der Waals surface area contributed by atoms with Crippen molar-refractivity contribution < 1.29 is 4.79 Å². The van der Waals surface area contributed by atoms with E-state index in [1.165, 1.54) is 16.5 Å². The minimum atomic E-state index is -0.00513. The molecule has 5 heteroatoms. The Labute approximate surface area is 168 Å². The van der Waals surface area contributed by atoms with Gasteiger partial charge in [-0.2, -0.15) is 0 Å². The fourth-order valence-electron chi connectivity index (χ4n) is 4.97. The van der Waals surface area contributed by atoms with Crippen LogP contribution in [0.3, 0.4) is 0 Å². The molecule has 4 heterocycles. The molecule has 2 N–H and O–H groups in total. The molecule has 0 aliphatic carbocycles. The van der Waals surface area contributed by atoms with Gasteiger partial charge in [-0.15, -0.1) is 0 Å². The van der Waals surface area contributed by atoms with E-state index in [0.29, 0.717) is 6.04 Å². The van der Waals surface area contributed by atoms with Crippen molar-refractivity contribution in [3.63, 3.8) is 0 Å². The highest BCUT2D eigenvalue weighted by Crippen LogP contribution is 2.37. The Balaban J connectivity index is 1.48. The van der Waals surface area contributed by atoms with E-state index in [0.717, 1.165) is 60.0 Å². The van der Waals surface area contributed by atoms with Crippen LogP contribution in [0.5, 0.6) is 0 Å². The Morgan fingerprint density at radius 2 is 1.86 bits per heavy atom. The van der Waals surface area contributed by atoms with Crippen molar-refractivity contribution >= 4 is 33.4 Å². The fraction of sp³-hybridized carbons (Fsp3) is 0.250. The number of pyridine rings is 1. The predicted molar refractivity (Wildman–Crippen MR) is 116 cm³/mol. The fourth-order valence-corrected chi connectivity index (χ4v) is 4.97. The Morgan fingerprint density at radius 3 is 2.76 bits per heavy atom. The zero-order valence-electron chi connectivity index (χ0n) is 16.1. The second-order valence-corrected chi connectivity index (χ2v) is 8.05. The first-order valence-corrected chi connectivity index (χ1v) is 10.3. The van der Waals surface area contributed by atoms with Crippen LogP contribution in [-0.2, 0) is 6.42 Å². The Kier molecular flexibility index (Phi) is 3.71. The van der Waals surface area contributed by atoms with Gasteiger partial charge in [-0.25, -0.2) is 4.98 Å². The highest BCUT2D eigenvalue weighted by molar-refractivity contribution is 6.24. The number of fused-ring (bicyclic) bond motifs is 1. The molecule has 2 aliphatic rings. The highest BCUT2D eigenvalue weighted by atomic mass is 16.1. The topological polar surface area (TPSA) is 59.0 Å². The standard InChI is InChI=1S/C24H22N4O/c29-24-20-4-1-3-18-15(6-7-21(27-24)22(18)20)13-16-14-28(17-8-11-25-12-9-17)23-19(16)5-2-10-26-23/h1-7,10,14,17,25H,8-9,11-13H2,(H,27,29). The monoisotopic (exact) mass is 382 g/mol. The quantitative estimate of drug-likeness (QED) is 0.556. The maximum atomic E-state index is 12.2. The van der Waals surface area contributed by atoms with Crippen molar-refractivity contribution in [1.29, 1.82) is 0 Å². The third kappa shape index (κ3) is 2.58. The summed E-state index contributed by atoms with van der Waals surface area (Å²) in [6.07, 6.45) is 7.29. The van der Waals surface area contributed by atoms with Gasteiger partial charge in [-0.3, -0.25) is 4.79 Å². The van der Waals surface area contributed by atoms with Crippen LogP contribution in [0.1, 0.15) is 40.4 Å². The highest BCUT2D eigenvalue weighted by Gasteiger charge is 2.23. The lowest BCUT2D eigenvalue weighted by molar-refractivity contribution is 0.103. The molecule has 1 saturated heterocycles. The summed E-state index contributed by atoms with van der Waals surface area (Å²) in [5, 5.41) is 9.87. The van der Waals surface area contributed by atoms with Crippen molar-refractivity contribution in [3.8, 4) is 0 Å². The van der Waals surface area contributed by atoms with Gasteiger partial charge in [-0.05, 0) is 66.7 Å². The zero-order valence-corrected chi connectivity index (χ0v) is 16.1. The first kappa shape index (κ1) is 16.7. The van der Waals surface area contributed by atoms with Crippen LogP contribution >= 0.6 is 0 Å². The minimum absolute atomic E-state index is 0.00513. The molecular formula is C24H22N4O. The van der Waals surface area contributed by atoms with E-state index < -0.39 is 0 Å². The maximum Gasteiger partial charge on any atom is 0.256 e. The van der Waals surface area contributed by atoms with Gasteiger partial charge in [0.05, 0.1) is 0 Å². The molecule has 4 aromatic rings. The summed E-state index contributed by atoms with van der Waals surface area (Å²) < 4.78 is 2.39. The van der Waals surface area contributed by atoms with Gasteiger partial charge in [0.1, 0.15) is 5.65 Å². The molecule has 2 aliphatic heterocycles. The minimum Gasteiger partial charge on any atom is -0.329 e. The third-order valence-corrected chi connectivity index (χ3v) is 6.38. The Morgan fingerprint density at radius 1 is 1.00 bits per heavy atom. The summed E-state index contributed by atoms with van der Waals surface area (Å²) in [7, 11) is 0. The van der Waals surface area contributed by atoms with Gasteiger partial charge in [-0.1, -0.05) is 18.2 Å². The van der Waals surface area contributed by atoms with E-state index in [9.17, 15) is 4.79 Å². The molecule has 0 atom stereocenters. The largest absolute Gasteiger partial charge is 0.329 e. The molecule has 0 spiro atoms. The van der Waals surface area contributed by atoms with Crippen molar-refractivity contribution in [2.75, 3.05) is 18.4 Å². The molecule has 2 aromatic heterocycles. The third-order valence-electron chi connectivity index (χ3n) is 6.38. The second-order valence-electron chi connectivity index (χ2n) is 8.05. The number of hydrogen-bond donors (Lipinski definition) is 2. The summed E-state index contributed by atoms with van der Waals surface area (Å²) in [4.78, 5) is 17.0. The molecule has 5 nitrogen and oxygen atoms in total. The number of piperidine rings is 1. The van der Waals surface area contributed by atoms with E-state index in [2.05, 4.69) is 39.6 Å². The molecule has 0 saturated carbocycles. The molecule has 1 fully saturated rings. The average Bonchev–Trinajstić information content (AvgIpc) is 3.30. The van der Waals surface area contributed by atoms with Crippen molar-refractivity contribution in [2.45, 2.75) is 25.3 Å². The number of carbonyl (C=O) groups is 1. The van der Waals surface area contributed by atoms with E-state index >= 15 is 0 Å². The first-order valence-electron chi connectivity index (χ1n) is 10.3. The van der Waals surface area contributed by atoms with E-state index in [1.54, 1.807) is 0 Å². The lowest BCUT2D eigenvalue weighted by atomic mass is 9.96. The van der Waals surface area contributed by atoms with Gasteiger partial charge in [0.2, 0.25) is 0 Å². The number of nitrogens with zero attached hydrogens (tertiary/aromatic N) is 2. The van der Waals surface area contributed by atoms with Crippen molar-refractivity contribution in [1.82, 2.24) is 14.9 Å². The lowest BCUT2D eigenvalue weighted by Gasteiger charge is -2.24. The predicted octanol–water partition coefficient (Wildman–Crippen LogP) is 4.27. The average molecular weight is 382 g/mol. The van der Waals surface area contributed by atoms with Gasteiger partial charge in [0.25, 0.3) is 5.91 Å². The van der Waals surface area contributed by atoms with Crippen LogP contribution in [-0.4, -0.2) is 28.5 Å². The van der Waals surface area contributed by atoms with Crippen molar-refractivity contribution in [2.24, 2.45) is 0 Å². The number of hydrogen-bond acceptors (Lipinski definition) is 3. The van der Waals surface area contributed by atoms with Crippen molar-refractivity contribution in [3.05, 3.63) is 71.5 Å². The number of aromatic nitrogens is 2. The molecule has 0 bridgehead atoms. The second kappa shape index (κ2) is 6.42. The number of amides is 1. The Bertz CT molecular complexity index is 1270. The lowest BCUT2D eigenvalue weighted by Crippen LogP contribution is -2.29. The number of nitrogens with one attached hydrogen (secondary N) is 2. The molecule has 0 radical (unpaired) electrons. The van der Waals surface area contributed by atoms with Gasteiger partial charge < -0.3 is 15.2 Å². The number of carbonyl (C=O) groups excluding carboxylic acids is 1. The van der Waals surface area contributed by atoms with Crippen LogP contribution in [0, 0.1) is 0 Å². The number of anilines is 1. The van der Waals surface area contributed by atoms with Gasteiger partial charge in [0.15, 0.2) is 0 Å². The van der Waals surface area contributed by atoms with Crippen LogP contribution in [0.25, 0.3) is 21.8 Å². The molecule has 2 aromatic carbocycles. The molecule has 144 valence electrons. The van der Waals surface area contributed by atoms with Crippen LogP contribution in [0.2, 0.25) is 0 Å². The van der Waals surface area contributed by atoms with E-state index in [4.69, 9.17) is 4.98 Å². The molecule has 6 rings (SSSR count). The Hall–Kier alpha value is -3.18. The molecular weight excluding hydrogens is 360 g/mol. The van der Waals surface area contributed by atoms with Crippen LogP contribution < -0.4 is 10.6 Å². The molecule has 1 amide bonds. The number of rotatable bonds is 3. The summed E-state index contributed by atoms with van der Waals surface area (Å²) in [6, 6.07) is 14.9. The van der Waals surface area contributed by atoms with Gasteiger partial charge >= 0.3 is 0 Å². The summed E-state index contributed by atoms with van der Waals surface area (Å²) in [5.74, 6) is -0.00513. The molecule has 0 unspecified atom stereocenters. The van der Waals surface area contributed by atoms with Gasteiger partial charge in [0, 0.05) is 46.9 Å². The summed E-state index contributed by atoms with van der Waals surface area (Å²) in [6.45, 7) is 2.12. The summed E-state index contributed by atoms with van der Waals surface area (Å²) >= 11 is 0. The van der Waals surface area contributed by atoms with E-state index in [1.807, 2.05) is 30.5 Å². The molecule has 29 heavy (non-hydrogen) atoms. The smallest absolute Gasteiger partial charge is 0.256 e. The first-order chi connectivity index (χ1) is 14.3. The maximum absolute atomic E-state index is 12.2. The summed E-state index contributed by atoms with van der Waals surface area (Å²) in [5.41, 5.74) is 5.32. The zero-order chi connectivity index (χ0) is 19.4. The SMILES string of the molecule is O=C1Nc2ccc(Cc3cn(C4CCNCC4)c4ncccc34)c3cccc1c23. The van der Waals surface area contributed by atoms with Crippen LogP contribution in [0.15, 0.2) is 54.9 Å². The van der Waals surface area contributed by atoms with E-state index in [-0.39, 0.29) is 5.91 Å². The van der Waals surface area contributed by atoms with Crippen LogP contribution in [0.4, 0.5) is 5.69 Å². The normalized spacial score (nSPS) is 16.6.